The molecule has 2 aromatic heterocycles. The van der Waals surface area contributed by atoms with Crippen molar-refractivity contribution in [3.05, 3.63) is 94.9 Å². The van der Waals surface area contributed by atoms with Gasteiger partial charge in [-0.15, -0.1) is 0 Å². The number of aromatic nitrogens is 3. The SMILES string of the molecule is Cc1cc(N2CNCOCC23CCN(C(=O)c2cc(-c4cccnc4)n(-c4ccc(C(F)(F)F)c(F)c4)n2)CC3)cc(C)c1F. The fraction of sp³-hybridized carbons (Fsp3) is 0.344. The number of rotatable bonds is 4. The van der Waals surface area contributed by atoms with Gasteiger partial charge in [-0.25, -0.2) is 13.5 Å². The van der Waals surface area contributed by atoms with Gasteiger partial charge in [-0.3, -0.25) is 15.1 Å². The highest BCUT2D eigenvalue weighted by Crippen LogP contribution is 2.37. The predicted octanol–water partition coefficient (Wildman–Crippen LogP) is 5.86. The van der Waals surface area contributed by atoms with Crippen molar-refractivity contribution in [3.8, 4) is 16.9 Å². The molecule has 8 nitrogen and oxygen atoms in total. The number of carbonyl (C=O) groups is 1. The van der Waals surface area contributed by atoms with Crippen molar-refractivity contribution >= 4 is 11.6 Å². The summed E-state index contributed by atoms with van der Waals surface area (Å²) in [6.07, 6.45) is -0.636. The van der Waals surface area contributed by atoms with E-state index < -0.39 is 23.1 Å². The molecule has 2 saturated heterocycles. The number of alkyl halides is 3. The summed E-state index contributed by atoms with van der Waals surface area (Å²) in [4.78, 5) is 21.8. The third kappa shape index (κ3) is 5.89. The van der Waals surface area contributed by atoms with Crippen LogP contribution < -0.4 is 10.2 Å². The summed E-state index contributed by atoms with van der Waals surface area (Å²) in [5.41, 5.74) is 1.13. The molecule has 6 rings (SSSR count). The van der Waals surface area contributed by atoms with E-state index in [0.29, 0.717) is 74.4 Å². The van der Waals surface area contributed by atoms with Crippen LogP contribution >= 0.6 is 0 Å². The first-order valence-corrected chi connectivity index (χ1v) is 14.5. The monoisotopic (exact) mass is 626 g/mol. The second-order valence-electron chi connectivity index (χ2n) is 11.5. The first kappa shape index (κ1) is 30.7. The molecule has 2 fully saturated rings. The molecular formula is C32H31F5N6O2. The van der Waals surface area contributed by atoms with E-state index in [0.717, 1.165) is 17.8 Å². The van der Waals surface area contributed by atoms with Crippen LogP contribution in [0.1, 0.15) is 40.0 Å². The van der Waals surface area contributed by atoms with Crippen molar-refractivity contribution in [2.75, 3.05) is 38.0 Å². The average molecular weight is 627 g/mol. The molecule has 0 unspecified atom stereocenters. The zero-order chi connectivity index (χ0) is 31.9. The van der Waals surface area contributed by atoms with Gasteiger partial charge in [-0.1, -0.05) is 0 Å². The van der Waals surface area contributed by atoms with E-state index in [2.05, 4.69) is 20.3 Å². The largest absolute Gasteiger partial charge is 0.419 e. The molecule has 4 aromatic rings. The number of anilines is 1. The smallest absolute Gasteiger partial charge is 0.364 e. The molecule has 1 N–H and O–H groups in total. The van der Waals surface area contributed by atoms with Gasteiger partial charge in [0, 0.05) is 42.8 Å². The number of hydrogen-bond donors (Lipinski definition) is 1. The molecule has 45 heavy (non-hydrogen) atoms. The maximum atomic E-state index is 14.6. The summed E-state index contributed by atoms with van der Waals surface area (Å²) >= 11 is 0. The van der Waals surface area contributed by atoms with Gasteiger partial charge in [-0.05, 0) is 80.3 Å². The lowest BCUT2D eigenvalue weighted by molar-refractivity contribution is -0.140. The number of nitrogens with zero attached hydrogens (tertiary/aromatic N) is 5. The second-order valence-corrected chi connectivity index (χ2v) is 11.5. The van der Waals surface area contributed by atoms with Crippen molar-refractivity contribution in [2.24, 2.45) is 0 Å². The van der Waals surface area contributed by atoms with Crippen LogP contribution in [0.5, 0.6) is 0 Å². The first-order chi connectivity index (χ1) is 21.5. The van der Waals surface area contributed by atoms with Crippen molar-refractivity contribution in [3.63, 3.8) is 0 Å². The molecule has 0 atom stereocenters. The van der Waals surface area contributed by atoms with E-state index in [1.165, 1.54) is 16.9 Å². The summed E-state index contributed by atoms with van der Waals surface area (Å²) < 4.78 is 75.8. The van der Waals surface area contributed by atoms with Crippen LogP contribution in [0.25, 0.3) is 16.9 Å². The molecule has 1 spiro atoms. The van der Waals surface area contributed by atoms with Gasteiger partial charge in [0.1, 0.15) is 11.6 Å². The van der Waals surface area contributed by atoms with Crippen LogP contribution in [0.4, 0.5) is 27.6 Å². The van der Waals surface area contributed by atoms with Gasteiger partial charge in [0.15, 0.2) is 5.69 Å². The van der Waals surface area contributed by atoms with E-state index in [9.17, 15) is 26.7 Å². The maximum Gasteiger partial charge on any atom is 0.419 e. The number of pyridine rings is 1. The lowest BCUT2D eigenvalue weighted by Crippen LogP contribution is -2.59. The number of halogens is 5. The molecule has 0 aliphatic carbocycles. The molecule has 13 heteroatoms. The summed E-state index contributed by atoms with van der Waals surface area (Å²) in [6, 6.07) is 11.1. The van der Waals surface area contributed by atoms with Crippen LogP contribution in [0.3, 0.4) is 0 Å². The highest BCUT2D eigenvalue weighted by atomic mass is 19.4. The molecule has 2 aliphatic heterocycles. The van der Waals surface area contributed by atoms with Crippen molar-refractivity contribution in [2.45, 2.75) is 38.4 Å². The molecule has 236 valence electrons. The molecule has 1 amide bonds. The highest BCUT2D eigenvalue weighted by Gasteiger charge is 2.43. The zero-order valence-corrected chi connectivity index (χ0v) is 24.7. The number of aryl methyl sites for hydroxylation is 2. The summed E-state index contributed by atoms with van der Waals surface area (Å²) in [5.74, 6) is -2.05. The molecule has 0 saturated carbocycles. The van der Waals surface area contributed by atoms with Gasteiger partial charge >= 0.3 is 6.18 Å². The Morgan fingerprint density at radius 2 is 1.73 bits per heavy atom. The third-order valence-electron chi connectivity index (χ3n) is 8.52. The minimum Gasteiger partial charge on any atom is -0.364 e. The number of benzene rings is 2. The Balaban J connectivity index is 1.29. The predicted molar refractivity (Wildman–Crippen MR) is 157 cm³/mol. The van der Waals surface area contributed by atoms with Crippen LogP contribution in [-0.2, 0) is 10.9 Å². The lowest BCUT2D eigenvalue weighted by atomic mass is 9.85. The van der Waals surface area contributed by atoms with Crippen LogP contribution in [0.15, 0.2) is 60.9 Å². The Labute approximate surface area is 256 Å². The van der Waals surface area contributed by atoms with Gasteiger partial charge in [0.05, 0.1) is 42.5 Å². The number of hydrogen-bond acceptors (Lipinski definition) is 6. The Hall–Kier alpha value is -4.36. The standard InChI is InChI=1S/C32H31F5N6O2/c1-20-12-24(13-21(2)29(20)34)42-18-39-19-45-17-31(42)7-10-41(11-8-31)30(44)27-15-28(22-4-3-9-38-16-22)43(40-27)23-5-6-25(26(33)14-23)32(35,36)37/h3-6,9,12-16,39H,7-8,10-11,17-19H2,1-2H3. The lowest BCUT2D eigenvalue weighted by Gasteiger charge is -2.48. The van der Waals surface area contributed by atoms with E-state index in [4.69, 9.17) is 4.74 Å². The number of piperidine rings is 1. The topological polar surface area (TPSA) is 75.5 Å². The molecular weight excluding hydrogens is 595 g/mol. The molecule has 0 radical (unpaired) electrons. The quantitative estimate of drug-likeness (QED) is 0.286. The molecule has 2 aromatic carbocycles. The average Bonchev–Trinajstić information content (AvgIpc) is 3.37. The van der Waals surface area contributed by atoms with E-state index in [1.807, 2.05) is 12.1 Å². The van der Waals surface area contributed by atoms with Gasteiger partial charge in [0.2, 0.25) is 0 Å². The van der Waals surface area contributed by atoms with E-state index >= 15 is 0 Å². The van der Waals surface area contributed by atoms with Crippen LogP contribution in [-0.4, -0.2) is 64.2 Å². The first-order valence-electron chi connectivity index (χ1n) is 14.5. The zero-order valence-electron chi connectivity index (χ0n) is 24.7. The van der Waals surface area contributed by atoms with Gasteiger partial charge in [-0.2, -0.15) is 18.3 Å². The number of likely N-dealkylation sites (tertiary alicyclic amines) is 1. The Morgan fingerprint density at radius 1 is 1.00 bits per heavy atom. The second kappa shape index (κ2) is 11.9. The van der Waals surface area contributed by atoms with Crippen molar-refractivity contribution < 1.29 is 31.5 Å². The van der Waals surface area contributed by atoms with Crippen molar-refractivity contribution in [1.82, 2.24) is 25.0 Å². The summed E-state index contributed by atoms with van der Waals surface area (Å²) in [5, 5.41) is 7.70. The number of carbonyl (C=O) groups excluding carboxylic acids is 1. The minimum absolute atomic E-state index is 0.0274. The van der Waals surface area contributed by atoms with E-state index in [-0.39, 0.29) is 23.1 Å². The number of ether oxygens (including phenoxy) is 1. The minimum atomic E-state index is -4.85. The Bertz CT molecular complexity index is 1690. The van der Waals surface area contributed by atoms with Crippen LogP contribution in [0, 0.1) is 25.5 Å². The Morgan fingerprint density at radius 3 is 2.38 bits per heavy atom. The maximum absolute atomic E-state index is 14.6. The molecule has 4 heterocycles. The van der Waals surface area contributed by atoms with Crippen LogP contribution in [0.2, 0.25) is 0 Å². The van der Waals surface area contributed by atoms with Gasteiger partial charge in [0.25, 0.3) is 5.91 Å². The van der Waals surface area contributed by atoms with Gasteiger partial charge < -0.3 is 14.5 Å². The van der Waals surface area contributed by atoms with Crippen molar-refractivity contribution in [1.29, 1.82) is 0 Å². The normalized spacial score (nSPS) is 17.0. The summed E-state index contributed by atoms with van der Waals surface area (Å²) in [7, 11) is 0. The fourth-order valence-electron chi connectivity index (χ4n) is 6.13. The highest BCUT2D eigenvalue weighted by molar-refractivity contribution is 5.93. The fourth-order valence-corrected chi connectivity index (χ4v) is 6.13. The Kier molecular flexibility index (Phi) is 8.08. The molecule has 2 aliphatic rings. The third-order valence-corrected chi connectivity index (χ3v) is 8.52. The van der Waals surface area contributed by atoms with E-state index in [1.54, 1.807) is 37.1 Å². The number of amides is 1. The summed E-state index contributed by atoms with van der Waals surface area (Å²) in [6.45, 7) is 5.49. The molecule has 0 bridgehead atoms. The number of nitrogens with one attached hydrogen (secondary N) is 1.